The summed E-state index contributed by atoms with van der Waals surface area (Å²) in [5.74, 6) is -0.242. The highest BCUT2D eigenvalue weighted by Gasteiger charge is 2.48. The molecule has 0 unspecified atom stereocenters. The first kappa shape index (κ1) is 23.6. The van der Waals surface area contributed by atoms with E-state index in [1.54, 1.807) is 18.2 Å². The van der Waals surface area contributed by atoms with Crippen LogP contribution < -0.4 is 20.1 Å². The number of phenolic OH excluding ortho intramolecular Hbond substituents is 1. The van der Waals surface area contributed by atoms with E-state index in [1.165, 1.54) is 38.5 Å². The Kier molecular flexibility index (Phi) is 6.22. The third kappa shape index (κ3) is 4.43. The molecule has 0 saturated carbocycles. The van der Waals surface area contributed by atoms with Gasteiger partial charge in [-0.15, -0.1) is 0 Å². The summed E-state index contributed by atoms with van der Waals surface area (Å²) in [5, 5.41) is 18.7. The summed E-state index contributed by atoms with van der Waals surface area (Å²) in [4.78, 5) is 12.7. The quantitative estimate of drug-likeness (QED) is 0.451. The number of benzene rings is 2. The standard InChI is InChI=1S/C22H20ClF3N4O4/c1-33-15-7-6-11(8-16(15)34-2)14-10-17(22(24,25)26)30-20(28-14)18(23)19(29-30)21(32)27-12-4-3-5-13(31)9-12/h3-9,14,17,28,31H,10H2,1-2H3,(H,27,32)/t14-,17+/m1/s1. The predicted octanol–water partition coefficient (Wildman–Crippen LogP) is 5.17. The highest BCUT2D eigenvalue weighted by molar-refractivity contribution is 6.36. The van der Waals surface area contributed by atoms with Gasteiger partial charge in [0.2, 0.25) is 0 Å². The smallest absolute Gasteiger partial charge is 0.410 e. The van der Waals surface area contributed by atoms with Crippen molar-refractivity contribution in [3.8, 4) is 17.2 Å². The number of amides is 1. The second-order valence-corrected chi connectivity index (χ2v) is 7.94. The first-order chi connectivity index (χ1) is 16.1. The van der Waals surface area contributed by atoms with E-state index in [9.17, 15) is 23.1 Å². The molecule has 1 aliphatic rings. The molecule has 1 aliphatic heterocycles. The number of carbonyl (C=O) groups excluding carboxylic acids is 1. The lowest BCUT2D eigenvalue weighted by Gasteiger charge is -2.33. The molecular formula is C22H20ClF3N4O4. The van der Waals surface area contributed by atoms with E-state index in [0.717, 1.165) is 0 Å². The van der Waals surface area contributed by atoms with E-state index in [1.807, 2.05) is 0 Å². The van der Waals surface area contributed by atoms with Gasteiger partial charge in [-0.1, -0.05) is 23.7 Å². The van der Waals surface area contributed by atoms with Crippen LogP contribution in [0.5, 0.6) is 17.2 Å². The number of anilines is 2. The van der Waals surface area contributed by atoms with Crippen molar-refractivity contribution in [2.24, 2.45) is 0 Å². The zero-order valence-corrected chi connectivity index (χ0v) is 18.7. The first-order valence-electron chi connectivity index (χ1n) is 10.1. The van der Waals surface area contributed by atoms with Gasteiger partial charge in [0.05, 0.1) is 20.3 Å². The summed E-state index contributed by atoms with van der Waals surface area (Å²) < 4.78 is 53.2. The van der Waals surface area contributed by atoms with Crippen LogP contribution in [-0.4, -0.2) is 41.2 Å². The highest BCUT2D eigenvalue weighted by atomic mass is 35.5. The zero-order chi connectivity index (χ0) is 24.6. The Bertz CT molecular complexity index is 1230. The third-order valence-electron chi connectivity index (χ3n) is 5.42. The number of phenols is 1. The molecule has 3 N–H and O–H groups in total. The van der Waals surface area contributed by atoms with Crippen molar-refractivity contribution in [3.63, 3.8) is 0 Å². The van der Waals surface area contributed by atoms with E-state index < -0.39 is 30.6 Å². The van der Waals surface area contributed by atoms with Crippen LogP contribution in [0.2, 0.25) is 5.02 Å². The van der Waals surface area contributed by atoms with Crippen molar-refractivity contribution in [3.05, 3.63) is 58.7 Å². The second kappa shape index (κ2) is 8.98. The van der Waals surface area contributed by atoms with Crippen LogP contribution in [0, 0.1) is 0 Å². The van der Waals surface area contributed by atoms with E-state index in [2.05, 4.69) is 15.7 Å². The second-order valence-electron chi connectivity index (χ2n) is 7.56. The lowest BCUT2D eigenvalue weighted by atomic mass is 9.96. The lowest BCUT2D eigenvalue weighted by molar-refractivity contribution is -0.173. The van der Waals surface area contributed by atoms with Gasteiger partial charge in [-0.2, -0.15) is 18.3 Å². The Labute approximate surface area is 197 Å². The van der Waals surface area contributed by atoms with Crippen LogP contribution in [0.25, 0.3) is 0 Å². The lowest BCUT2D eigenvalue weighted by Crippen LogP contribution is -2.35. The molecule has 0 aliphatic carbocycles. The molecule has 34 heavy (non-hydrogen) atoms. The van der Waals surface area contributed by atoms with Crippen molar-refractivity contribution in [1.29, 1.82) is 0 Å². The normalized spacial score (nSPS) is 17.5. The summed E-state index contributed by atoms with van der Waals surface area (Å²) in [6.07, 6.45) is -5.04. The van der Waals surface area contributed by atoms with E-state index >= 15 is 0 Å². The SMILES string of the molecule is COc1ccc([C@H]2C[C@@H](C(F)(F)F)n3nc(C(=O)Nc4cccc(O)c4)c(Cl)c3N2)cc1OC. The maximum absolute atomic E-state index is 14.0. The van der Waals surface area contributed by atoms with Crippen molar-refractivity contribution in [1.82, 2.24) is 9.78 Å². The average molecular weight is 497 g/mol. The number of alkyl halides is 3. The minimum atomic E-state index is -4.65. The molecule has 12 heteroatoms. The van der Waals surface area contributed by atoms with Gasteiger partial charge in [0.15, 0.2) is 23.2 Å². The van der Waals surface area contributed by atoms with E-state index in [4.69, 9.17) is 21.1 Å². The number of methoxy groups -OCH3 is 2. The molecule has 0 fully saturated rings. The molecule has 3 aromatic rings. The molecule has 2 aromatic carbocycles. The van der Waals surface area contributed by atoms with Gasteiger partial charge >= 0.3 is 6.18 Å². The topological polar surface area (TPSA) is 97.6 Å². The Hall–Kier alpha value is -3.60. The summed E-state index contributed by atoms with van der Waals surface area (Å²) >= 11 is 6.34. The van der Waals surface area contributed by atoms with Gasteiger partial charge < -0.3 is 25.2 Å². The van der Waals surface area contributed by atoms with Crippen LogP contribution in [0.1, 0.15) is 34.6 Å². The minimum absolute atomic E-state index is 0.0930. The molecule has 0 bridgehead atoms. The number of halogens is 4. The van der Waals surface area contributed by atoms with Gasteiger partial charge in [-0.25, -0.2) is 4.68 Å². The fraction of sp³-hybridized carbons (Fsp3) is 0.273. The van der Waals surface area contributed by atoms with Crippen molar-refractivity contribution in [2.75, 3.05) is 24.9 Å². The highest BCUT2D eigenvalue weighted by Crippen LogP contribution is 2.47. The molecular weight excluding hydrogens is 477 g/mol. The number of hydrogen-bond acceptors (Lipinski definition) is 6. The van der Waals surface area contributed by atoms with Crippen molar-refractivity contribution in [2.45, 2.75) is 24.7 Å². The van der Waals surface area contributed by atoms with Gasteiger partial charge in [0.25, 0.3) is 5.91 Å². The van der Waals surface area contributed by atoms with Crippen LogP contribution in [-0.2, 0) is 0 Å². The molecule has 4 rings (SSSR count). The van der Waals surface area contributed by atoms with Gasteiger partial charge in [0, 0.05) is 18.2 Å². The number of nitrogens with zero attached hydrogens (tertiary/aromatic N) is 2. The van der Waals surface area contributed by atoms with Crippen LogP contribution in [0.3, 0.4) is 0 Å². The number of aromatic nitrogens is 2. The summed E-state index contributed by atoms with van der Waals surface area (Å²) in [6.45, 7) is 0. The molecule has 180 valence electrons. The van der Waals surface area contributed by atoms with Gasteiger partial charge in [0.1, 0.15) is 16.6 Å². The molecule has 2 atom stereocenters. The van der Waals surface area contributed by atoms with Gasteiger partial charge in [-0.3, -0.25) is 4.79 Å². The summed E-state index contributed by atoms with van der Waals surface area (Å²) in [5.41, 5.74) is 0.367. The minimum Gasteiger partial charge on any atom is -0.508 e. The Balaban J connectivity index is 1.71. The van der Waals surface area contributed by atoms with E-state index in [-0.39, 0.29) is 28.0 Å². The number of fused-ring (bicyclic) bond motifs is 1. The molecule has 0 spiro atoms. The summed E-state index contributed by atoms with van der Waals surface area (Å²) in [7, 11) is 2.88. The van der Waals surface area contributed by atoms with E-state index in [0.29, 0.717) is 21.7 Å². The summed E-state index contributed by atoms with van der Waals surface area (Å²) in [6, 6.07) is 7.68. The average Bonchev–Trinajstić information content (AvgIpc) is 3.13. The number of hydrogen-bond donors (Lipinski definition) is 3. The van der Waals surface area contributed by atoms with Crippen molar-refractivity contribution < 1.29 is 32.5 Å². The fourth-order valence-electron chi connectivity index (χ4n) is 3.80. The van der Waals surface area contributed by atoms with Crippen LogP contribution in [0.15, 0.2) is 42.5 Å². The first-order valence-corrected chi connectivity index (χ1v) is 10.4. The Morgan fingerprint density at radius 2 is 1.94 bits per heavy atom. The number of rotatable bonds is 5. The fourth-order valence-corrected chi connectivity index (χ4v) is 4.06. The zero-order valence-electron chi connectivity index (χ0n) is 18.0. The van der Waals surface area contributed by atoms with Crippen molar-refractivity contribution >= 4 is 29.0 Å². The molecule has 0 radical (unpaired) electrons. The predicted molar refractivity (Wildman–Crippen MR) is 119 cm³/mol. The van der Waals surface area contributed by atoms with Crippen LogP contribution in [0.4, 0.5) is 24.7 Å². The molecule has 0 saturated heterocycles. The third-order valence-corrected chi connectivity index (χ3v) is 5.78. The molecule has 1 amide bonds. The number of nitrogens with one attached hydrogen (secondary N) is 2. The maximum atomic E-state index is 14.0. The number of ether oxygens (including phenoxy) is 2. The largest absolute Gasteiger partial charge is 0.508 e. The Morgan fingerprint density at radius 1 is 1.21 bits per heavy atom. The molecule has 2 heterocycles. The maximum Gasteiger partial charge on any atom is 0.410 e. The molecule has 1 aromatic heterocycles. The Morgan fingerprint density at radius 3 is 2.59 bits per heavy atom. The van der Waals surface area contributed by atoms with Gasteiger partial charge in [-0.05, 0) is 29.8 Å². The van der Waals surface area contributed by atoms with Crippen LogP contribution >= 0.6 is 11.6 Å². The molecule has 8 nitrogen and oxygen atoms in total. The number of aromatic hydroxyl groups is 1. The monoisotopic (exact) mass is 496 g/mol. The number of carbonyl (C=O) groups is 1.